The number of carbonyl (C=O) groups is 1. The molecule has 0 saturated carbocycles. The van der Waals surface area contributed by atoms with Gasteiger partial charge in [-0.25, -0.2) is 4.79 Å². The molecule has 1 aliphatic heterocycles. The van der Waals surface area contributed by atoms with Gasteiger partial charge in [-0.05, 0) is 73.8 Å². The summed E-state index contributed by atoms with van der Waals surface area (Å²) in [5.74, 6) is 0. The van der Waals surface area contributed by atoms with Gasteiger partial charge in [0.25, 0.3) is 0 Å². The molecule has 1 amide bonds. The lowest BCUT2D eigenvalue weighted by Gasteiger charge is -2.32. The summed E-state index contributed by atoms with van der Waals surface area (Å²) < 4.78 is 6.20. The van der Waals surface area contributed by atoms with Crippen LogP contribution in [0.1, 0.15) is 45.2 Å². The molecule has 1 aromatic rings. The average Bonchev–Trinajstić information content (AvgIpc) is 2.40. The van der Waals surface area contributed by atoms with Crippen LogP contribution in [0, 0.1) is 0 Å². The van der Waals surface area contributed by atoms with Crippen LogP contribution < -0.4 is 10.6 Å². The molecule has 0 aromatic heterocycles. The maximum atomic E-state index is 11.9. The van der Waals surface area contributed by atoms with Crippen LogP contribution in [0.5, 0.6) is 0 Å². The minimum Gasteiger partial charge on any atom is -0.444 e. The topological polar surface area (TPSA) is 50.4 Å². The largest absolute Gasteiger partial charge is 0.444 e. The Labute approximate surface area is 145 Å². The molecule has 1 aromatic carbocycles. The highest BCUT2D eigenvalue weighted by Gasteiger charge is 2.26. The van der Waals surface area contributed by atoms with Gasteiger partial charge in [-0.15, -0.1) is 0 Å². The molecule has 122 valence electrons. The van der Waals surface area contributed by atoms with Crippen LogP contribution in [0.2, 0.25) is 5.02 Å². The molecule has 0 bridgehead atoms. The number of rotatable bonds is 2. The zero-order chi connectivity index (χ0) is 16.3. The number of hydrogen-bond acceptors (Lipinski definition) is 3. The summed E-state index contributed by atoms with van der Waals surface area (Å²) in [5.41, 5.74) is 0.652. The van der Waals surface area contributed by atoms with E-state index in [1.54, 1.807) is 0 Å². The Morgan fingerprint density at radius 1 is 1.45 bits per heavy atom. The van der Waals surface area contributed by atoms with E-state index < -0.39 is 5.60 Å². The van der Waals surface area contributed by atoms with Crippen molar-refractivity contribution in [3.05, 3.63) is 33.3 Å². The molecule has 1 aliphatic rings. The van der Waals surface area contributed by atoms with Crippen molar-refractivity contribution in [3.63, 3.8) is 0 Å². The Bertz CT molecular complexity index is 545. The van der Waals surface area contributed by atoms with E-state index in [1.807, 2.05) is 39.0 Å². The average molecular weight is 390 g/mol. The zero-order valence-electron chi connectivity index (χ0n) is 13.1. The first-order chi connectivity index (χ1) is 10.2. The zero-order valence-corrected chi connectivity index (χ0v) is 15.4. The van der Waals surface area contributed by atoms with Crippen molar-refractivity contribution in [2.24, 2.45) is 0 Å². The van der Waals surface area contributed by atoms with Gasteiger partial charge in [-0.3, -0.25) is 0 Å². The molecule has 0 aliphatic carbocycles. The van der Waals surface area contributed by atoms with E-state index in [0.717, 1.165) is 29.4 Å². The Morgan fingerprint density at radius 3 is 2.82 bits per heavy atom. The van der Waals surface area contributed by atoms with Gasteiger partial charge in [0.15, 0.2) is 0 Å². The monoisotopic (exact) mass is 388 g/mol. The number of carbonyl (C=O) groups excluding carboxylic acids is 1. The Kier molecular flexibility index (Phi) is 5.75. The molecule has 22 heavy (non-hydrogen) atoms. The van der Waals surface area contributed by atoms with Crippen LogP contribution in [-0.2, 0) is 4.74 Å². The number of benzene rings is 1. The van der Waals surface area contributed by atoms with Gasteiger partial charge in [0, 0.05) is 16.6 Å². The first-order valence-corrected chi connectivity index (χ1v) is 8.59. The number of nitrogens with one attached hydrogen (secondary N) is 2. The number of piperidine rings is 1. The predicted molar refractivity (Wildman–Crippen MR) is 92.3 cm³/mol. The molecule has 0 radical (unpaired) electrons. The molecular formula is C16H22BrClN2O2. The minimum atomic E-state index is -0.477. The first kappa shape index (κ1) is 17.6. The number of alkyl carbamates (subject to hydrolysis) is 1. The normalized spacial score (nSPS) is 22.2. The van der Waals surface area contributed by atoms with Crippen molar-refractivity contribution >= 4 is 33.6 Å². The molecule has 1 saturated heterocycles. The van der Waals surface area contributed by atoms with E-state index in [-0.39, 0.29) is 18.2 Å². The fraction of sp³-hybridized carbons (Fsp3) is 0.562. The van der Waals surface area contributed by atoms with Crippen molar-refractivity contribution in [3.8, 4) is 0 Å². The number of amides is 1. The fourth-order valence-electron chi connectivity index (χ4n) is 2.51. The third kappa shape index (κ3) is 5.14. The van der Waals surface area contributed by atoms with Gasteiger partial charge >= 0.3 is 6.09 Å². The van der Waals surface area contributed by atoms with Crippen LogP contribution >= 0.6 is 27.5 Å². The summed E-state index contributed by atoms with van der Waals surface area (Å²) in [4.78, 5) is 11.9. The first-order valence-electron chi connectivity index (χ1n) is 7.42. The van der Waals surface area contributed by atoms with Crippen LogP contribution in [-0.4, -0.2) is 24.3 Å². The SMILES string of the molecule is CC(C)(C)OC(=O)NC1CCNC(c2ccc(Br)c(Cl)c2)C1. The van der Waals surface area contributed by atoms with Gasteiger partial charge in [0.2, 0.25) is 0 Å². The molecule has 2 rings (SSSR count). The second-order valence-corrected chi connectivity index (χ2v) is 7.81. The minimum absolute atomic E-state index is 0.100. The van der Waals surface area contributed by atoms with E-state index >= 15 is 0 Å². The van der Waals surface area contributed by atoms with Gasteiger partial charge in [-0.2, -0.15) is 0 Å². The number of ether oxygens (including phenoxy) is 1. The highest BCUT2D eigenvalue weighted by atomic mass is 79.9. The number of halogens is 2. The van der Waals surface area contributed by atoms with E-state index in [9.17, 15) is 4.79 Å². The standard InChI is InChI=1S/C16H22BrClN2O2/c1-16(2,3)22-15(21)20-11-6-7-19-14(9-11)10-4-5-12(17)13(18)8-10/h4-5,8,11,14,19H,6-7,9H2,1-3H3,(H,20,21). The summed E-state index contributed by atoms with van der Waals surface area (Å²) in [5, 5.41) is 7.12. The summed E-state index contributed by atoms with van der Waals surface area (Å²) in [7, 11) is 0. The summed E-state index contributed by atoms with van der Waals surface area (Å²) in [6, 6.07) is 6.23. The van der Waals surface area contributed by atoms with Crippen molar-refractivity contribution in [1.29, 1.82) is 0 Å². The van der Waals surface area contributed by atoms with Gasteiger partial charge in [0.05, 0.1) is 5.02 Å². The lowest BCUT2D eigenvalue weighted by Crippen LogP contribution is -2.45. The van der Waals surface area contributed by atoms with Crippen LogP contribution in [0.3, 0.4) is 0 Å². The summed E-state index contributed by atoms with van der Waals surface area (Å²) in [6.07, 6.45) is 1.35. The molecule has 0 spiro atoms. The highest BCUT2D eigenvalue weighted by molar-refractivity contribution is 9.10. The lowest BCUT2D eigenvalue weighted by molar-refractivity contribution is 0.0490. The molecule has 2 unspecified atom stereocenters. The molecule has 4 nitrogen and oxygen atoms in total. The van der Waals surface area contributed by atoms with Crippen LogP contribution in [0.25, 0.3) is 0 Å². The molecular weight excluding hydrogens is 368 g/mol. The Morgan fingerprint density at radius 2 is 2.18 bits per heavy atom. The van der Waals surface area contributed by atoms with E-state index in [2.05, 4.69) is 26.6 Å². The lowest BCUT2D eigenvalue weighted by atomic mass is 9.94. The van der Waals surface area contributed by atoms with Gasteiger partial charge in [0.1, 0.15) is 5.60 Å². The number of hydrogen-bond donors (Lipinski definition) is 2. The predicted octanol–water partition coefficient (Wildman–Crippen LogP) is 4.42. The third-order valence-corrected chi connectivity index (χ3v) is 4.70. The summed E-state index contributed by atoms with van der Waals surface area (Å²) in [6.45, 7) is 6.43. The van der Waals surface area contributed by atoms with Crippen molar-refractivity contribution < 1.29 is 9.53 Å². The molecule has 6 heteroatoms. The maximum Gasteiger partial charge on any atom is 0.407 e. The van der Waals surface area contributed by atoms with Gasteiger partial charge < -0.3 is 15.4 Å². The second kappa shape index (κ2) is 7.20. The van der Waals surface area contributed by atoms with Crippen LogP contribution in [0.15, 0.2) is 22.7 Å². The van der Waals surface area contributed by atoms with E-state index in [1.165, 1.54) is 0 Å². The third-order valence-electron chi connectivity index (χ3n) is 3.47. The quantitative estimate of drug-likeness (QED) is 0.787. The van der Waals surface area contributed by atoms with E-state index in [0.29, 0.717) is 5.02 Å². The Hall–Kier alpha value is -0.780. The highest BCUT2D eigenvalue weighted by Crippen LogP contribution is 2.29. The van der Waals surface area contributed by atoms with Gasteiger partial charge in [-0.1, -0.05) is 17.7 Å². The second-order valence-electron chi connectivity index (χ2n) is 6.55. The van der Waals surface area contributed by atoms with E-state index in [4.69, 9.17) is 16.3 Å². The van der Waals surface area contributed by atoms with Crippen molar-refractivity contribution in [2.45, 2.75) is 51.3 Å². The maximum absolute atomic E-state index is 11.9. The Balaban J connectivity index is 1.96. The smallest absolute Gasteiger partial charge is 0.407 e. The molecule has 1 heterocycles. The fourth-order valence-corrected chi connectivity index (χ4v) is 2.94. The molecule has 2 atom stereocenters. The van der Waals surface area contributed by atoms with Crippen LogP contribution in [0.4, 0.5) is 4.79 Å². The molecule has 1 fully saturated rings. The molecule has 2 N–H and O–H groups in total. The summed E-state index contributed by atoms with van der Waals surface area (Å²) >= 11 is 9.56. The van der Waals surface area contributed by atoms with Crippen molar-refractivity contribution in [1.82, 2.24) is 10.6 Å². The van der Waals surface area contributed by atoms with Crippen molar-refractivity contribution in [2.75, 3.05) is 6.54 Å².